The predicted octanol–water partition coefficient (Wildman–Crippen LogP) is 3.44. The van der Waals surface area contributed by atoms with Crippen molar-refractivity contribution in [3.63, 3.8) is 0 Å². The molecule has 0 saturated carbocycles. The summed E-state index contributed by atoms with van der Waals surface area (Å²) in [6.45, 7) is 0. The van der Waals surface area contributed by atoms with E-state index in [2.05, 4.69) is 5.32 Å². The van der Waals surface area contributed by atoms with E-state index < -0.39 is 21.3 Å². The molecule has 140 valence electrons. The number of thioether (sulfide) groups is 1. The average molecular weight is 426 g/mol. The molecule has 3 rings (SSSR count). The van der Waals surface area contributed by atoms with Crippen molar-refractivity contribution in [3.05, 3.63) is 58.0 Å². The Morgan fingerprint density at radius 3 is 2.37 bits per heavy atom. The fourth-order valence-electron chi connectivity index (χ4n) is 2.19. The molecule has 1 heterocycles. The number of amides is 2. The Labute approximate surface area is 164 Å². The third-order valence-corrected chi connectivity index (χ3v) is 5.74. The van der Waals surface area contributed by atoms with Crippen molar-refractivity contribution < 1.29 is 26.9 Å². The Bertz CT molecular complexity index is 1050. The van der Waals surface area contributed by atoms with Crippen LogP contribution in [-0.4, -0.2) is 26.7 Å². The molecular weight excluding hydrogens is 414 g/mol. The lowest BCUT2D eigenvalue weighted by Gasteiger charge is -2.11. The third-order valence-electron chi connectivity index (χ3n) is 3.43. The highest BCUT2D eigenvalue weighted by atomic mass is 35.5. The molecule has 1 saturated heterocycles. The van der Waals surface area contributed by atoms with Gasteiger partial charge in [-0.1, -0.05) is 17.7 Å². The van der Waals surface area contributed by atoms with Crippen molar-refractivity contribution >= 4 is 50.7 Å². The van der Waals surface area contributed by atoms with Crippen LogP contribution in [0.2, 0.25) is 5.02 Å². The van der Waals surface area contributed by atoms with Gasteiger partial charge in [0.15, 0.2) is 11.5 Å². The minimum Gasteiger partial charge on any atom is -0.493 e. The van der Waals surface area contributed by atoms with Gasteiger partial charge in [0, 0.05) is 5.02 Å². The molecule has 0 aromatic heterocycles. The van der Waals surface area contributed by atoms with Crippen LogP contribution in [0.5, 0.6) is 11.5 Å². The summed E-state index contributed by atoms with van der Waals surface area (Å²) in [5.74, 6) is -0.386. The smallest absolute Gasteiger partial charge is 0.339 e. The first kappa shape index (κ1) is 19.3. The number of carbonyl (C=O) groups is 2. The lowest BCUT2D eigenvalue weighted by molar-refractivity contribution is -0.115. The highest BCUT2D eigenvalue weighted by Crippen LogP contribution is 2.33. The molecule has 0 unspecified atom stereocenters. The fourth-order valence-corrected chi connectivity index (χ4v) is 3.93. The van der Waals surface area contributed by atoms with Crippen molar-refractivity contribution in [2.24, 2.45) is 0 Å². The Balaban J connectivity index is 1.94. The van der Waals surface area contributed by atoms with Gasteiger partial charge >= 0.3 is 10.1 Å². The van der Waals surface area contributed by atoms with Crippen LogP contribution in [0.25, 0.3) is 6.08 Å². The molecule has 0 atom stereocenters. The highest BCUT2D eigenvalue weighted by Gasteiger charge is 2.25. The Morgan fingerprint density at radius 2 is 1.78 bits per heavy atom. The van der Waals surface area contributed by atoms with Crippen LogP contribution < -0.4 is 14.2 Å². The molecule has 2 aromatic rings. The summed E-state index contributed by atoms with van der Waals surface area (Å²) in [7, 11) is -2.75. The molecule has 1 N–H and O–H groups in total. The highest BCUT2D eigenvalue weighted by molar-refractivity contribution is 8.18. The third kappa shape index (κ3) is 4.44. The van der Waals surface area contributed by atoms with Gasteiger partial charge in [-0.15, -0.1) is 0 Å². The summed E-state index contributed by atoms with van der Waals surface area (Å²) in [6.07, 6.45) is 1.45. The summed E-state index contributed by atoms with van der Waals surface area (Å²) in [4.78, 5) is 23.0. The molecule has 2 aromatic carbocycles. The maximum absolute atomic E-state index is 12.5. The summed E-state index contributed by atoms with van der Waals surface area (Å²) >= 11 is 6.53. The molecule has 0 bridgehead atoms. The van der Waals surface area contributed by atoms with Gasteiger partial charge in [-0.05, 0) is 59.8 Å². The van der Waals surface area contributed by atoms with Gasteiger partial charge in [-0.25, -0.2) is 0 Å². The van der Waals surface area contributed by atoms with E-state index in [1.54, 1.807) is 6.07 Å². The first-order chi connectivity index (χ1) is 12.8. The normalized spacial score (nSPS) is 15.7. The lowest BCUT2D eigenvalue weighted by Crippen LogP contribution is -2.17. The van der Waals surface area contributed by atoms with Gasteiger partial charge in [0.1, 0.15) is 4.90 Å². The molecule has 0 radical (unpaired) electrons. The van der Waals surface area contributed by atoms with Gasteiger partial charge in [0.2, 0.25) is 0 Å². The maximum atomic E-state index is 12.5. The fraction of sp³-hybridized carbons (Fsp3) is 0.0588. The van der Waals surface area contributed by atoms with E-state index in [-0.39, 0.29) is 21.3 Å². The molecule has 10 heteroatoms. The van der Waals surface area contributed by atoms with Crippen LogP contribution in [-0.2, 0) is 14.9 Å². The van der Waals surface area contributed by atoms with E-state index in [4.69, 9.17) is 20.5 Å². The van der Waals surface area contributed by atoms with Crippen molar-refractivity contribution in [2.75, 3.05) is 7.11 Å². The standard InChI is InChI=1S/C17H12ClNO6S2/c1-24-13-7-2-10(9-15-16(20)19-17(21)26-15)8-14(13)25-27(22,23)12-5-3-11(18)4-6-12/h2-9H,1H3,(H,19,20,21)/b15-9-. The monoisotopic (exact) mass is 425 g/mol. The second-order valence-electron chi connectivity index (χ2n) is 5.25. The van der Waals surface area contributed by atoms with Crippen LogP contribution in [0.15, 0.2) is 52.3 Å². The second-order valence-corrected chi connectivity index (χ2v) is 8.25. The Kier molecular flexibility index (Phi) is 5.45. The molecule has 27 heavy (non-hydrogen) atoms. The average Bonchev–Trinajstić information content (AvgIpc) is 2.92. The number of imide groups is 1. The second kappa shape index (κ2) is 7.63. The zero-order chi connectivity index (χ0) is 19.6. The number of halogens is 1. The summed E-state index contributed by atoms with van der Waals surface area (Å²) in [6, 6.07) is 10.0. The molecule has 1 aliphatic heterocycles. The zero-order valence-corrected chi connectivity index (χ0v) is 16.2. The maximum Gasteiger partial charge on any atom is 0.339 e. The Morgan fingerprint density at radius 1 is 1.07 bits per heavy atom. The topological polar surface area (TPSA) is 98.8 Å². The number of hydrogen-bond donors (Lipinski definition) is 1. The van der Waals surface area contributed by atoms with Gasteiger partial charge in [-0.2, -0.15) is 8.42 Å². The van der Waals surface area contributed by atoms with Gasteiger partial charge in [0.25, 0.3) is 11.1 Å². The van der Waals surface area contributed by atoms with Gasteiger partial charge in [-0.3, -0.25) is 14.9 Å². The Hall–Kier alpha value is -2.49. The van der Waals surface area contributed by atoms with Gasteiger partial charge < -0.3 is 8.92 Å². The molecule has 0 spiro atoms. The number of ether oxygens (including phenoxy) is 1. The van der Waals surface area contributed by atoms with Crippen molar-refractivity contribution in [2.45, 2.75) is 4.90 Å². The largest absolute Gasteiger partial charge is 0.493 e. The van der Waals surface area contributed by atoms with Gasteiger partial charge in [0.05, 0.1) is 12.0 Å². The number of methoxy groups -OCH3 is 1. The van der Waals surface area contributed by atoms with E-state index in [9.17, 15) is 18.0 Å². The number of nitrogens with one attached hydrogen (secondary N) is 1. The number of hydrogen-bond acceptors (Lipinski definition) is 7. The minimum absolute atomic E-state index is 0.0588. The van der Waals surface area contributed by atoms with E-state index in [1.165, 1.54) is 49.6 Å². The summed E-state index contributed by atoms with van der Waals surface area (Å²) in [5.41, 5.74) is 0.462. The van der Waals surface area contributed by atoms with Crippen LogP contribution in [0.1, 0.15) is 5.56 Å². The lowest BCUT2D eigenvalue weighted by atomic mass is 10.2. The number of carbonyl (C=O) groups excluding carboxylic acids is 2. The van der Waals surface area contributed by atoms with E-state index in [0.717, 1.165) is 11.8 Å². The molecular formula is C17H12ClNO6S2. The molecule has 1 fully saturated rings. The van der Waals surface area contributed by atoms with E-state index in [0.29, 0.717) is 10.6 Å². The summed E-state index contributed by atoms with van der Waals surface area (Å²) in [5, 5.41) is 2.06. The summed E-state index contributed by atoms with van der Waals surface area (Å²) < 4.78 is 35.3. The van der Waals surface area contributed by atoms with Crippen LogP contribution in [0.4, 0.5) is 4.79 Å². The SMILES string of the molecule is COc1ccc(/C=C2\SC(=O)NC2=O)cc1OS(=O)(=O)c1ccc(Cl)cc1. The van der Waals surface area contributed by atoms with Crippen molar-refractivity contribution in [1.29, 1.82) is 0 Å². The van der Waals surface area contributed by atoms with Crippen LogP contribution in [0, 0.1) is 0 Å². The first-order valence-corrected chi connectivity index (χ1v) is 10.0. The molecule has 0 aliphatic carbocycles. The minimum atomic E-state index is -4.12. The van der Waals surface area contributed by atoms with Crippen LogP contribution in [0.3, 0.4) is 0 Å². The number of rotatable bonds is 5. The van der Waals surface area contributed by atoms with Crippen molar-refractivity contribution in [1.82, 2.24) is 5.32 Å². The molecule has 7 nitrogen and oxygen atoms in total. The van der Waals surface area contributed by atoms with E-state index >= 15 is 0 Å². The van der Waals surface area contributed by atoms with Crippen molar-refractivity contribution in [3.8, 4) is 11.5 Å². The zero-order valence-electron chi connectivity index (χ0n) is 13.8. The quantitative estimate of drug-likeness (QED) is 0.578. The van der Waals surface area contributed by atoms with Crippen LogP contribution >= 0.6 is 23.4 Å². The van der Waals surface area contributed by atoms with E-state index in [1.807, 2.05) is 0 Å². The molecule has 2 amide bonds. The molecule has 1 aliphatic rings. The first-order valence-electron chi connectivity index (χ1n) is 7.41. The predicted molar refractivity (Wildman–Crippen MR) is 101 cm³/mol. The number of benzene rings is 2.